The highest BCUT2D eigenvalue weighted by Gasteiger charge is 2.44. The quantitative estimate of drug-likeness (QED) is 0.417. The Balaban J connectivity index is 1.76. The number of nitrogens with zero attached hydrogens (tertiary/aromatic N) is 1. The molecule has 0 bridgehead atoms. The number of ether oxygens (including phenoxy) is 1. The van der Waals surface area contributed by atoms with E-state index in [4.69, 9.17) is 16.3 Å². The molecule has 2 aromatic rings. The van der Waals surface area contributed by atoms with Crippen LogP contribution in [0, 0.1) is 5.92 Å². The van der Waals surface area contributed by atoms with Gasteiger partial charge in [0.05, 0.1) is 20.3 Å². The van der Waals surface area contributed by atoms with E-state index >= 15 is 0 Å². The van der Waals surface area contributed by atoms with Gasteiger partial charge >= 0.3 is 5.97 Å². The van der Waals surface area contributed by atoms with Gasteiger partial charge in [0.15, 0.2) is 6.61 Å². The van der Waals surface area contributed by atoms with Crippen molar-refractivity contribution in [2.24, 2.45) is 5.92 Å². The van der Waals surface area contributed by atoms with E-state index in [9.17, 15) is 19.2 Å². The molecule has 1 aliphatic heterocycles. The maximum Gasteiger partial charge on any atom is 0.330 e. The van der Waals surface area contributed by atoms with Crippen molar-refractivity contribution < 1.29 is 23.9 Å². The average Bonchev–Trinajstić information content (AvgIpc) is 3.17. The molecule has 27 heavy (non-hydrogen) atoms. The fourth-order valence-corrected chi connectivity index (χ4v) is 3.86. The first-order chi connectivity index (χ1) is 12.8. The summed E-state index contributed by atoms with van der Waals surface area (Å²) in [6, 6.07) is 8.41. The standard InChI is InChI=1S/C19H16ClNO5S/c1-10(2)16(19(25)26-9-13(22)14-7-8-15(20)27-14)21-17(23)11-5-3-4-6-12(11)18(21)24/h3-8,10,16H,9H2,1-2H3/t16-/m0/s1. The smallest absolute Gasteiger partial charge is 0.330 e. The van der Waals surface area contributed by atoms with Gasteiger partial charge in [-0.1, -0.05) is 37.6 Å². The Labute approximate surface area is 164 Å². The molecule has 0 radical (unpaired) electrons. The number of amides is 2. The maximum absolute atomic E-state index is 12.6. The third-order valence-electron chi connectivity index (χ3n) is 4.17. The molecule has 2 amide bonds. The first-order valence-corrected chi connectivity index (χ1v) is 9.42. The Kier molecular flexibility index (Phi) is 5.43. The van der Waals surface area contributed by atoms with E-state index in [1.807, 2.05) is 0 Å². The highest BCUT2D eigenvalue weighted by atomic mass is 35.5. The molecule has 0 unspecified atom stereocenters. The first kappa shape index (κ1) is 19.3. The summed E-state index contributed by atoms with van der Waals surface area (Å²) in [5.74, 6) is -2.66. The van der Waals surface area contributed by atoms with Gasteiger partial charge in [-0.2, -0.15) is 0 Å². The molecular formula is C19H16ClNO5S. The minimum Gasteiger partial charge on any atom is -0.456 e. The first-order valence-electron chi connectivity index (χ1n) is 8.23. The average molecular weight is 406 g/mol. The van der Waals surface area contributed by atoms with E-state index in [-0.39, 0.29) is 17.0 Å². The number of benzene rings is 1. The number of carbonyl (C=O) groups excluding carboxylic acids is 4. The second kappa shape index (κ2) is 7.62. The van der Waals surface area contributed by atoms with E-state index < -0.39 is 36.2 Å². The van der Waals surface area contributed by atoms with Crippen LogP contribution in [0.15, 0.2) is 36.4 Å². The molecule has 2 heterocycles. The molecule has 6 nitrogen and oxygen atoms in total. The third-order valence-corrected chi connectivity index (χ3v) is 5.44. The summed E-state index contributed by atoms with van der Waals surface area (Å²) in [5, 5.41) is 0. The van der Waals surface area contributed by atoms with E-state index in [1.165, 1.54) is 0 Å². The monoisotopic (exact) mass is 405 g/mol. The Morgan fingerprint density at radius 1 is 1.07 bits per heavy atom. The maximum atomic E-state index is 12.6. The van der Waals surface area contributed by atoms with Crippen LogP contribution in [0.25, 0.3) is 0 Å². The normalized spacial score (nSPS) is 14.4. The minimum absolute atomic E-state index is 0.255. The lowest BCUT2D eigenvalue weighted by Crippen LogP contribution is -2.49. The number of fused-ring (bicyclic) bond motifs is 1. The Morgan fingerprint density at radius 2 is 1.67 bits per heavy atom. The summed E-state index contributed by atoms with van der Waals surface area (Å²) >= 11 is 6.88. The van der Waals surface area contributed by atoms with Crippen LogP contribution in [0.5, 0.6) is 0 Å². The predicted molar refractivity (Wildman–Crippen MR) is 100 cm³/mol. The molecule has 1 aliphatic rings. The van der Waals surface area contributed by atoms with Crippen LogP contribution in [0.2, 0.25) is 4.34 Å². The van der Waals surface area contributed by atoms with E-state index in [1.54, 1.807) is 50.2 Å². The zero-order chi connectivity index (χ0) is 19.7. The van der Waals surface area contributed by atoms with Crippen molar-refractivity contribution in [2.45, 2.75) is 19.9 Å². The summed E-state index contributed by atoms with van der Waals surface area (Å²) in [6.07, 6.45) is 0. The van der Waals surface area contributed by atoms with E-state index in [0.29, 0.717) is 9.21 Å². The van der Waals surface area contributed by atoms with Crippen molar-refractivity contribution >= 4 is 46.5 Å². The molecule has 3 rings (SSSR count). The summed E-state index contributed by atoms with van der Waals surface area (Å²) < 4.78 is 5.58. The molecule has 0 saturated heterocycles. The number of hydrogen-bond acceptors (Lipinski definition) is 6. The molecule has 1 atom stereocenters. The van der Waals surface area contributed by atoms with Crippen LogP contribution < -0.4 is 0 Å². The topological polar surface area (TPSA) is 80.8 Å². The molecular weight excluding hydrogens is 390 g/mol. The van der Waals surface area contributed by atoms with Crippen LogP contribution in [-0.2, 0) is 9.53 Å². The zero-order valence-electron chi connectivity index (χ0n) is 14.6. The van der Waals surface area contributed by atoms with Crippen LogP contribution in [0.1, 0.15) is 44.2 Å². The van der Waals surface area contributed by atoms with E-state index in [2.05, 4.69) is 0 Å². The summed E-state index contributed by atoms with van der Waals surface area (Å²) in [5.41, 5.74) is 0.510. The molecule has 8 heteroatoms. The Bertz CT molecular complexity index is 901. The van der Waals surface area contributed by atoms with Crippen molar-refractivity contribution in [3.8, 4) is 0 Å². The minimum atomic E-state index is -1.11. The fraction of sp³-hybridized carbons (Fsp3) is 0.263. The lowest BCUT2D eigenvalue weighted by molar-refractivity contribution is -0.148. The van der Waals surface area contributed by atoms with Crippen LogP contribution in [0.3, 0.4) is 0 Å². The molecule has 1 aromatic heterocycles. The number of Topliss-reactive ketones (excluding diaryl/α,β-unsaturated/α-hetero) is 1. The van der Waals surface area contributed by atoms with Gasteiger partial charge in [-0.05, 0) is 30.2 Å². The van der Waals surface area contributed by atoms with Gasteiger partial charge in [0, 0.05) is 0 Å². The molecule has 1 aromatic carbocycles. The summed E-state index contributed by atoms with van der Waals surface area (Å²) in [7, 11) is 0. The molecule has 0 N–H and O–H groups in total. The third kappa shape index (κ3) is 3.65. The van der Waals surface area contributed by atoms with Gasteiger partial charge < -0.3 is 4.74 Å². The highest BCUT2D eigenvalue weighted by Crippen LogP contribution is 2.28. The van der Waals surface area contributed by atoms with Crippen LogP contribution in [0.4, 0.5) is 0 Å². The number of carbonyl (C=O) groups is 4. The fourth-order valence-electron chi connectivity index (χ4n) is 2.89. The molecule has 0 saturated carbocycles. The second-order valence-electron chi connectivity index (χ2n) is 6.35. The lowest BCUT2D eigenvalue weighted by atomic mass is 10.0. The van der Waals surface area contributed by atoms with Gasteiger partial charge in [-0.15, -0.1) is 11.3 Å². The number of rotatable bonds is 6. The molecule has 0 fully saturated rings. The highest BCUT2D eigenvalue weighted by molar-refractivity contribution is 7.18. The van der Waals surface area contributed by atoms with Crippen molar-refractivity contribution in [1.82, 2.24) is 4.90 Å². The van der Waals surface area contributed by atoms with Crippen molar-refractivity contribution in [1.29, 1.82) is 0 Å². The second-order valence-corrected chi connectivity index (χ2v) is 8.06. The van der Waals surface area contributed by atoms with Crippen LogP contribution in [-0.4, -0.2) is 41.1 Å². The molecule has 140 valence electrons. The number of hydrogen-bond donors (Lipinski definition) is 0. The van der Waals surface area contributed by atoms with Crippen LogP contribution >= 0.6 is 22.9 Å². The van der Waals surface area contributed by atoms with Gasteiger partial charge in [0.2, 0.25) is 5.78 Å². The number of ketones is 1. The van der Waals surface area contributed by atoms with Crippen molar-refractivity contribution in [2.75, 3.05) is 6.61 Å². The summed E-state index contributed by atoms with van der Waals surface area (Å²) in [6.45, 7) is 2.93. The largest absolute Gasteiger partial charge is 0.456 e. The number of esters is 1. The van der Waals surface area contributed by atoms with Crippen molar-refractivity contribution in [3.05, 3.63) is 56.7 Å². The molecule has 0 spiro atoms. The van der Waals surface area contributed by atoms with Gasteiger partial charge in [0.1, 0.15) is 6.04 Å². The number of imide groups is 1. The van der Waals surface area contributed by atoms with Gasteiger partial charge in [0.25, 0.3) is 11.8 Å². The van der Waals surface area contributed by atoms with Gasteiger partial charge in [-0.3, -0.25) is 19.3 Å². The Morgan fingerprint density at radius 3 is 2.15 bits per heavy atom. The zero-order valence-corrected chi connectivity index (χ0v) is 16.2. The summed E-state index contributed by atoms with van der Waals surface area (Å²) in [4.78, 5) is 51.3. The Hall–Kier alpha value is -2.51. The number of halogens is 1. The SMILES string of the molecule is CC(C)[C@@H](C(=O)OCC(=O)c1ccc(Cl)s1)N1C(=O)c2ccccc2C1=O. The predicted octanol–water partition coefficient (Wildman–Crippen LogP) is 3.45. The van der Waals surface area contributed by atoms with Crippen molar-refractivity contribution in [3.63, 3.8) is 0 Å². The number of thiophene rings is 1. The molecule has 0 aliphatic carbocycles. The van der Waals surface area contributed by atoms with Gasteiger partial charge in [-0.25, -0.2) is 4.79 Å². The van der Waals surface area contributed by atoms with E-state index in [0.717, 1.165) is 16.2 Å². The lowest BCUT2D eigenvalue weighted by Gasteiger charge is -2.27.